The molecule has 1 aliphatic rings. The lowest BCUT2D eigenvalue weighted by atomic mass is 10.1. The Morgan fingerprint density at radius 2 is 2.17 bits per heavy atom. The number of aryl methyl sites for hydroxylation is 1. The van der Waals surface area contributed by atoms with E-state index >= 15 is 0 Å². The topological polar surface area (TPSA) is 62.3 Å². The van der Waals surface area contributed by atoms with Crippen LogP contribution in [0.4, 0.5) is 0 Å². The highest BCUT2D eigenvalue weighted by atomic mass is 32.2. The SMILES string of the molecule is Cc1nc(CN2CCC(NS(C)(=O)=O)CC2)cs1. The van der Waals surface area contributed by atoms with Crippen LogP contribution in [-0.2, 0) is 16.6 Å². The largest absolute Gasteiger partial charge is 0.297 e. The van der Waals surface area contributed by atoms with Crippen molar-refractivity contribution in [1.29, 1.82) is 0 Å². The number of hydrogen-bond acceptors (Lipinski definition) is 5. The van der Waals surface area contributed by atoms with Gasteiger partial charge in [-0.1, -0.05) is 0 Å². The molecule has 0 aliphatic carbocycles. The number of sulfonamides is 1. The summed E-state index contributed by atoms with van der Waals surface area (Å²) in [6, 6.07) is 0.0911. The second-order valence-electron chi connectivity index (χ2n) is 4.80. The summed E-state index contributed by atoms with van der Waals surface area (Å²) in [7, 11) is -3.08. The first-order valence-electron chi connectivity index (χ1n) is 6.03. The standard InChI is InChI=1S/C11H19N3O2S2/c1-9-12-11(8-17-9)7-14-5-3-10(4-6-14)13-18(2,15)16/h8,10,13H,3-7H2,1-2H3. The van der Waals surface area contributed by atoms with Crippen molar-refractivity contribution in [2.24, 2.45) is 0 Å². The molecule has 1 fully saturated rings. The number of thiazole rings is 1. The lowest BCUT2D eigenvalue weighted by Gasteiger charge is -2.31. The Labute approximate surface area is 112 Å². The molecule has 0 bridgehead atoms. The van der Waals surface area contributed by atoms with Crippen LogP contribution in [0.1, 0.15) is 23.5 Å². The molecule has 5 nitrogen and oxygen atoms in total. The molecule has 1 aromatic rings. The van der Waals surface area contributed by atoms with Gasteiger partial charge in [0.1, 0.15) is 0 Å². The van der Waals surface area contributed by atoms with Gasteiger partial charge in [-0.3, -0.25) is 4.90 Å². The third kappa shape index (κ3) is 4.31. The third-order valence-corrected chi connectivity index (χ3v) is 4.60. The Balaban J connectivity index is 1.80. The predicted molar refractivity (Wildman–Crippen MR) is 73.1 cm³/mol. The third-order valence-electron chi connectivity index (χ3n) is 3.02. The zero-order valence-corrected chi connectivity index (χ0v) is 12.4. The molecule has 1 aliphatic heterocycles. The molecule has 18 heavy (non-hydrogen) atoms. The van der Waals surface area contributed by atoms with Gasteiger partial charge in [-0.25, -0.2) is 18.1 Å². The van der Waals surface area contributed by atoms with Crippen LogP contribution in [-0.4, -0.2) is 43.7 Å². The maximum Gasteiger partial charge on any atom is 0.208 e. The van der Waals surface area contributed by atoms with Crippen LogP contribution in [0, 0.1) is 6.92 Å². The molecule has 102 valence electrons. The van der Waals surface area contributed by atoms with Crippen LogP contribution < -0.4 is 4.72 Å². The van der Waals surface area contributed by atoms with Gasteiger partial charge in [0.25, 0.3) is 0 Å². The molecule has 0 saturated carbocycles. The summed E-state index contributed by atoms with van der Waals surface area (Å²) in [5.41, 5.74) is 1.12. The summed E-state index contributed by atoms with van der Waals surface area (Å²) in [6.07, 6.45) is 2.96. The van der Waals surface area contributed by atoms with E-state index in [0.717, 1.165) is 43.2 Å². The van der Waals surface area contributed by atoms with Crippen molar-refractivity contribution in [1.82, 2.24) is 14.6 Å². The molecule has 7 heteroatoms. The molecule has 1 saturated heterocycles. The Kier molecular flexibility index (Phi) is 4.37. The summed E-state index contributed by atoms with van der Waals surface area (Å²) in [5, 5.41) is 3.19. The molecular weight excluding hydrogens is 270 g/mol. The molecule has 2 rings (SSSR count). The zero-order valence-electron chi connectivity index (χ0n) is 10.7. The van der Waals surface area contributed by atoms with Gasteiger partial charge in [0.05, 0.1) is 17.0 Å². The zero-order chi connectivity index (χ0) is 13.2. The van der Waals surface area contributed by atoms with E-state index in [1.165, 1.54) is 6.26 Å². The quantitative estimate of drug-likeness (QED) is 0.897. The maximum atomic E-state index is 11.1. The van der Waals surface area contributed by atoms with E-state index in [-0.39, 0.29) is 6.04 Å². The molecule has 1 aromatic heterocycles. The van der Waals surface area contributed by atoms with Crippen molar-refractivity contribution in [2.45, 2.75) is 32.4 Å². The summed E-state index contributed by atoms with van der Waals surface area (Å²) in [6.45, 7) is 4.72. The number of likely N-dealkylation sites (tertiary alicyclic amines) is 1. The predicted octanol–water partition coefficient (Wildman–Crippen LogP) is 0.965. The molecule has 1 N–H and O–H groups in total. The van der Waals surface area contributed by atoms with E-state index in [1.807, 2.05) is 6.92 Å². The van der Waals surface area contributed by atoms with Crippen LogP contribution in [0.5, 0.6) is 0 Å². The van der Waals surface area contributed by atoms with E-state index in [0.29, 0.717) is 0 Å². The van der Waals surface area contributed by atoms with Crippen LogP contribution in [0.15, 0.2) is 5.38 Å². The van der Waals surface area contributed by atoms with Crippen molar-refractivity contribution >= 4 is 21.4 Å². The van der Waals surface area contributed by atoms with Gasteiger partial charge in [0.15, 0.2) is 0 Å². The highest BCUT2D eigenvalue weighted by molar-refractivity contribution is 7.88. The monoisotopic (exact) mass is 289 g/mol. The van der Waals surface area contributed by atoms with Gasteiger partial charge in [-0.2, -0.15) is 0 Å². The molecule has 0 aromatic carbocycles. The van der Waals surface area contributed by atoms with Gasteiger partial charge in [0.2, 0.25) is 10.0 Å². The van der Waals surface area contributed by atoms with Gasteiger partial charge in [-0.15, -0.1) is 11.3 Å². The summed E-state index contributed by atoms with van der Waals surface area (Å²) in [4.78, 5) is 6.78. The number of hydrogen-bond donors (Lipinski definition) is 1. The molecule has 0 radical (unpaired) electrons. The molecule has 0 atom stereocenters. The average molecular weight is 289 g/mol. The van der Waals surface area contributed by atoms with E-state index in [4.69, 9.17) is 0 Å². The minimum absolute atomic E-state index is 0.0911. The number of nitrogens with zero attached hydrogens (tertiary/aromatic N) is 2. The van der Waals surface area contributed by atoms with E-state index in [9.17, 15) is 8.42 Å². The Hall–Kier alpha value is -0.500. The first kappa shape index (κ1) is 13.9. The average Bonchev–Trinajstić information content (AvgIpc) is 2.65. The smallest absolute Gasteiger partial charge is 0.208 e. The van der Waals surface area contributed by atoms with Crippen molar-refractivity contribution in [2.75, 3.05) is 19.3 Å². The minimum atomic E-state index is -3.08. The van der Waals surface area contributed by atoms with Crippen LogP contribution >= 0.6 is 11.3 Å². The second-order valence-corrected chi connectivity index (χ2v) is 7.64. The number of rotatable bonds is 4. The van der Waals surface area contributed by atoms with Gasteiger partial charge < -0.3 is 0 Å². The molecule has 2 heterocycles. The van der Waals surface area contributed by atoms with Crippen molar-refractivity contribution < 1.29 is 8.42 Å². The Bertz CT molecular complexity index is 490. The first-order valence-corrected chi connectivity index (χ1v) is 8.80. The van der Waals surface area contributed by atoms with Crippen LogP contribution in [0.2, 0.25) is 0 Å². The molecule has 0 amide bonds. The van der Waals surface area contributed by atoms with Crippen LogP contribution in [0.3, 0.4) is 0 Å². The van der Waals surface area contributed by atoms with Gasteiger partial charge in [0, 0.05) is 31.1 Å². The van der Waals surface area contributed by atoms with Crippen molar-refractivity contribution in [3.05, 3.63) is 16.1 Å². The fraction of sp³-hybridized carbons (Fsp3) is 0.727. The number of aromatic nitrogens is 1. The summed E-state index contributed by atoms with van der Waals surface area (Å²) < 4.78 is 25.0. The number of piperidine rings is 1. The number of nitrogens with one attached hydrogen (secondary N) is 1. The lowest BCUT2D eigenvalue weighted by Crippen LogP contribution is -2.43. The fourth-order valence-electron chi connectivity index (χ4n) is 2.22. The van der Waals surface area contributed by atoms with Crippen molar-refractivity contribution in [3.63, 3.8) is 0 Å². The summed E-state index contributed by atoms with van der Waals surface area (Å²) in [5.74, 6) is 0. The first-order chi connectivity index (χ1) is 8.42. The molecule has 0 spiro atoms. The minimum Gasteiger partial charge on any atom is -0.297 e. The highest BCUT2D eigenvalue weighted by Gasteiger charge is 2.21. The second kappa shape index (κ2) is 5.64. The van der Waals surface area contributed by atoms with Gasteiger partial charge >= 0.3 is 0 Å². The molecule has 0 unspecified atom stereocenters. The Morgan fingerprint density at radius 3 is 2.67 bits per heavy atom. The van der Waals surface area contributed by atoms with Crippen molar-refractivity contribution in [3.8, 4) is 0 Å². The Morgan fingerprint density at radius 1 is 1.50 bits per heavy atom. The van der Waals surface area contributed by atoms with E-state index < -0.39 is 10.0 Å². The lowest BCUT2D eigenvalue weighted by molar-refractivity contribution is 0.198. The highest BCUT2D eigenvalue weighted by Crippen LogP contribution is 2.15. The fourth-order valence-corrected chi connectivity index (χ4v) is 3.67. The normalized spacial score (nSPS) is 19.2. The van der Waals surface area contributed by atoms with Gasteiger partial charge in [-0.05, 0) is 19.8 Å². The van der Waals surface area contributed by atoms with Crippen LogP contribution in [0.25, 0.3) is 0 Å². The maximum absolute atomic E-state index is 11.1. The van der Waals surface area contributed by atoms with E-state index in [2.05, 4.69) is 20.0 Å². The van der Waals surface area contributed by atoms with E-state index in [1.54, 1.807) is 11.3 Å². The summed E-state index contributed by atoms with van der Waals surface area (Å²) >= 11 is 1.67. The molecular formula is C11H19N3O2S2.